The van der Waals surface area contributed by atoms with Crippen molar-refractivity contribution in [2.45, 2.75) is 6.92 Å². The summed E-state index contributed by atoms with van der Waals surface area (Å²) in [4.78, 5) is 0. The number of hydrogen-bond donors (Lipinski definition) is 0. The van der Waals surface area contributed by atoms with Crippen LogP contribution in [-0.2, 0) is 0 Å². The Morgan fingerprint density at radius 3 is 2.45 bits per heavy atom. The number of nitrogens with zero attached hydrogens (tertiary/aromatic N) is 1. The molecule has 0 N–H and O–H groups in total. The Morgan fingerprint density at radius 1 is 1.05 bits per heavy atom. The summed E-state index contributed by atoms with van der Waals surface area (Å²) in [5.41, 5.74) is 1.71. The molecule has 0 aromatic heterocycles. The predicted molar refractivity (Wildman–Crippen MR) is 81.0 cm³/mol. The van der Waals surface area contributed by atoms with Gasteiger partial charge in [-0.25, -0.2) is 0 Å². The van der Waals surface area contributed by atoms with Gasteiger partial charge in [-0.05, 0) is 37.3 Å². The molecule has 0 aliphatic heterocycles. The van der Waals surface area contributed by atoms with Crippen molar-refractivity contribution in [1.82, 2.24) is 0 Å². The van der Waals surface area contributed by atoms with Gasteiger partial charge in [-0.2, -0.15) is 5.26 Å². The highest BCUT2D eigenvalue weighted by Gasteiger charge is 2.03. The Labute approximate surface area is 126 Å². The molecule has 102 valence electrons. The molecule has 0 amide bonds. The molecule has 0 unspecified atom stereocenters. The van der Waals surface area contributed by atoms with Crippen molar-refractivity contribution in [3.05, 3.63) is 58.1 Å². The lowest BCUT2D eigenvalue weighted by molar-refractivity contribution is 0.217. The van der Waals surface area contributed by atoms with Crippen LogP contribution in [0.5, 0.6) is 11.5 Å². The number of hydrogen-bond acceptors (Lipinski definition) is 3. The number of rotatable bonds is 5. The van der Waals surface area contributed by atoms with Gasteiger partial charge in [-0.1, -0.05) is 33.6 Å². The fourth-order valence-electron chi connectivity index (χ4n) is 1.66. The van der Waals surface area contributed by atoms with Gasteiger partial charge in [0.1, 0.15) is 30.8 Å². The van der Waals surface area contributed by atoms with Crippen LogP contribution in [0.3, 0.4) is 0 Å². The quantitative estimate of drug-likeness (QED) is 0.775. The average molecular weight is 332 g/mol. The first-order chi connectivity index (χ1) is 9.69. The molecule has 3 nitrogen and oxygen atoms in total. The van der Waals surface area contributed by atoms with Gasteiger partial charge in [-0.3, -0.25) is 0 Å². The summed E-state index contributed by atoms with van der Waals surface area (Å²) >= 11 is 3.32. The minimum absolute atomic E-state index is 0.393. The van der Waals surface area contributed by atoms with Gasteiger partial charge in [0, 0.05) is 4.47 Å². The standard InChI is InChI=1S/C16H14BrNO2/c1-12-2-5-15(6-3-12)19-8-9-20-16-7-4-14(17)10-13(16)11-18/h2-7,10H,8-9H2,1H3. The summed E-state index contributed by atoms with van der Waals surface area (Å²) in [6.45, 7) is 2.86. The Kier molecular flexibility index (Phi) is 5.03. The highest BCUT2D eigenvalue weighted by molar-refractivity contribution is 9.10. The molecule has 0 aliphatic rings. The van der Waals surface area contributed by atoms with E-state index in [1.165, 1.54) is 5.56 Å². The maximum absolute atomic E-state index is 9.02. The summed E-state index contributed by atoms with van der Waals surface area (Å²) in [7, 11) is 0. The number of aryl methyl sites for hydroxylation is 1. The van der Waals surface area contributed by atoms with Gasteiger partial charge in [0.05, 0.1) is 5.56 Å². The Balaban J connectivity index is 1.84. The number of halogens is 1. The summed E-state index contributed by atoms with van der Waals surface area (Å²) in [6.07, 6.45) is 0. The van der Waals surface area contributed by atoms with E-state index in [9.17, 15) is 0 Å². The molecule has 2 rings (SSSR count). The first kappa shape index (κ1) is 14.4. The van der Waals surface area contributed by atoms with E-state index in [1.807, 2.05) is 37.3 Å². The van der Waals surface area contributed by atoms with Crippen molar-refractivity contribution in [1.29, 1.82) is 5.26 Å². The van der Waals surface area contributed by atoms with E-state index in [-0.39, 0.29) is 0 Å². The van der Waals surface area contributed by atoms with E-state index < -0.39 is 0 Å². The molecule has 2 aromatic carbocycles. The van der Waals surface area contributed by atoms with Gasteiger partial charge >= 0.3 is 0 Å². The van der Waals surface area contributed by atoms with Gasteiger partial charge in [-0.15, -0.1) is 0 Å². The van der Waals surface area contributed by atoms with Gasteiger partial charge in [0.2, 0.25) is 0 Å². The second kappa shape index (κ2) is 6.97. The molecule has 20 heavy (non-hydrogen) atoms. The van der Waals surface area contributed by atoms with Crippen LogP contribution in [-0.4, -0.2) is 13.2 Å². The van der Waals surface area contributed by atoms with Crippen molar-refractivity contribution in [3.63, 3.8) is 0 Å². The first-order valence-electron chi connectivity index (χ1n) is 6.21. The fraction of sp³-hybridized carbons (Fsp3) is 0.188. The van der Waals surface area contributed by atoms with Crippen LogP contribution in [0, 0.1) is 18.3 Å². The maximum atomic E-state index is 9.02. The van der Waals surface area contributed by atoms with E-state index in [0.29, 0.717) is 24.5 Å². The van der Waals surface area contributed by atoms with Crippen molar-refractivity contribution in [2.75, 3.05) is 13.2 Å². The third-order valence-corrected chi connectivity index (χ3v) is 3.19. The minimum Gasteiger partial charge on any atom is -0.490 e. The second-order valence-electron chi connectivity index (χ2n) is 4.26. The minimum atomic E-state index is 0.393. The Morgan fingerprint density at radius 2 is 1.75 bits per heavy atom. The molecular formula is C16H14BrNO2. The smallest absolute Gasteiger partial charge is 0.137 e. The molecule has 4 heteroatoms. The lowest BCUT2D eigenvalue weighted by atomic mass is 10.2. The predicted octanol–water partition coefficient (Wildman–Crippen LogP) is 4.09. The molecule has 0 bridgehead atoms. The number of nitriles is 1. The third-order valence-electron chi connectivity index (χ3n) is 2.69. The zero-order chi connectivity index (χ0) is 14.4. The largest absolute Gasteiger partial charge is 0.490 e. The van der Waals surface area contributed by atoms with E-state index in [0.717, 1.165) is 10.2 Å². The van der Waals surface area contributed by atoms with Crippen LogP contribution in [0.2, 0.25) is 0 Å². The van der Waals surface area contributed by atoms with Crippen LogP contribution in [0.25, 0.3) is 0 Å². The maximum Gasteiger partial charge on any atom is 0.137 e. The number of benzene rings is 2. The molecule has 0 saturated heterocycles. The molecule has 0 aliphatic carbocycles. The van der Waals surface area contributed by atoms with Crippen LogP contribution >= 0.6 is 15.9 Å². The molecule has 0 spiro atoms. The molecular weight excluding hydrogens is 318 g/mol. The van der Waals surface area contributed by atoms with Gasteiger partial charge < -0.3 is 9.47 Å². The van der Waals surface area contributed by atoms with Crippen LogP contribution in [0.15, 0.2) is 46.9 Å². The lowest BCUT2D eigenvalue weighted by Gasteiger charge is -2.09. The van der Waals surface area contributed by atoms with Crippen molar-refractivity contribution in [2.24, 2.45) is 0 Å². The van der Waals surface area contributed by atoms with Gasteiger partial charge in [0.25, 0.3) is 0 Å². The van der Waals surface area contributed by atoms with E-state index in [2.05, 4.69) is 22.0 Å². The fourth-order valence-corrected chi connectivity index (χ4v) is 2.02. The van der Waals surface area contributed by atoms with Crippen LogP contribution < -0.4 is 9.47 Å². The van der Waals surface area contributed by atoms with Crippen LogP contribution in [0.4, 0.5) is 0 Å². The second-order valence-corrected chi connectivity index (χ2v) is 5.18. The van der Waals surface area contributed by atoms with Crippen molar-refractivity contribution >= 4 is 15.9 Å². The zero-order valence-corrected chi connectivity index (χ0v) is 12.7. The lowest BCUT2D eigenvalue weighted by Crippen LogP contribution is -2.09. The normalized spacial score (nSPS) is 9.85. The first-order valence-corrected chi connectivity index (χ1v) is 7.00. The third kappa shape index (κ3) is 4.01. The molecule has 0 atom stereocenters. The SMILES string of the molecule is Cc1ccc(OCCOc2ccc(Br)cc2C#N)cc1. The number of ether oxygens (including phenoxy) is 2. The van der Waals surface area contributed by atoms with Crippen molar-refractivity contribution < 1.29 is 9.47 Å². The molecule has 2 aromatic rings. The molecule has 0 saturated carbocycles. The Hall–Kier alpha value is -1.99. The zero-order valence-electron chi connectivity index (χ0n) is 11.1. The molecule has 0 heterocycles. The summed E-state index contributed by atoms with van der Waals surface area (Å²) in [6, 6.07) is 15.3. The molecule has 0 fully saturated rings. The molecule has 0 radical (unpaired) electrons. The van der Waals surface area contributed by atoms with E-state index >= 15 is 0 Å². The summed E-state index contributed by atoms with van der Waals surface area (Å²) in [5.74, 6) is 1.39. The highest BCUT2D eigenvalue weighted by Crippen LogP contribution is 2.22. The van der Waals surface area contributed by atoms with Crippen LogP contribution in [0.1, 0.15) is 11.1 Å². The highest BCUT2D eigenvalue weighted by atomic mass is 79.9. The summed E-state index contributed by atoms with van der Waals surface area (Å²) in [5, 5.41) is 9.02. The van der Waals surface area contributed by atoms with E-state index in [4.69, 9.17) is 14.7 Å². The Bertz CT molecular complexity index is 617. The topological polar surface area (TPSA) is 42.2 Å². The monoisotopic (exact) mass is 331 g/mol. The average Bonchev–Trinajstić information content (AvgIpc) is 2.46. The van der Waals surface area contributed by atoms with Crippen molar-refractivity contribution in [3.8, 4) is 17.6 Å². The van der Waals surface area contributed by atoms with E-state index in [1.54, 1.807) is 12.1 Å². The summed E-state index contributed by atoms with van der Waals surface area (Å²) < 4.78 is 12.0. The van der Waals surface area contributed by atoms with Gasteiger partial charge in [0.15, 0.2) is 0 Å².